The number of rotatable bonds is 8. The number of nitrogens with one attached hydrogen (secondary N) is 1. The van der Waals surface area contributed by atoms with Crippen LogP contribution in [0.5, 0.6) is 5.75 Å². The summed E-state index contributed by atoms with van der Waals surface area (Å²) >= 11 is 5.96. The molecule has 1 atom stereocenters. The smallest absolute Gasteiger partial charge is 0.239 e. The summed E-state index contributed by atoms with van der Waals surface area (Å²) in [5.74, 6) is 0.558. The number of benzene rings is 2. The molecule has 25 heavy (non-hydrogen) atoms. The summed E-state index contributed by atoms with van der Waals surface area (Å²) < 4.78 is 5.75. The van der Waals surface area contributed by atoms with E-state index in [2.05, 4.69) is 5.32 Å². The van der Waals surface area contributed by atoms with Gasteiger partial charge in [0, 0.05) is 18.6 Å². The van der Waals surface area contributed by atoms with Gasteiger partial charge in [0.15, 0.2) is 0 Å². The molecular weight excluding hydrogens is 340 g/mol. The molecule has 0 saturated carbocycles. The Balaban J connectivity index is 1.92. The van der Waals surface area contributed by atoms with E-state index in [0.29, 0.717) is 18.2 Å². The van der Waals surface area contributed by atoms with Crippen molar-refractivity contribution in [2.75, 3.05) is 20.7 Å². The van der Waals surface area contributed by atoms with Gasteiger partial charge in [-0.15, -0.1) is 0 Å². The summed E-state index contributed by atoms with van der Waals surface area (Å²) in [4.78, 5) is 13.5. The molecule has 2 rings (SSSR count). The fraction of sp³-hybridized carbons (Fsp3) is 0.316. The maximum Gasteiger partial charge on any atom is 0.239 e. The van der Waals surface area contributed by atoms with Crippen molar-refractivity contribution >= 4 is 17.5 Å². The molecule has 2 aromatic rings. The summed E-state index contributed by atoms with van der Waals surface area (Å²) in [5.41, 5.74) is 2.03. The molecule has 0 saturated heterocycles. The molecule has 2 N–H and O–H groups in total. The van der Waals surface area contributed by atoms with Crippen LogP contribution in [0.15, 0.2) is 48.5 Å². The van der Waals surface area contributed by atoms with Crippen LogP contribution in [0, 0.1) is 0 Å². The first-order chi connectivity index (χ1) is 12.0. The number of hydrogen-bond acceptors (Lipinski definition) is 4. The van der Waals surface area contributed by atoms with Crippen LogP contribution in [0.1, 0.15) is 11.1 Å². The molecule has 134 valence electrons. The van der Waals surface area contributed by atoms with Crippen molar-refractivity contribution in [3.8, 4) is 5.75 Å². The van der Waals surface area contributed by atoms with Crippen LogP contribution >= 0.6 is 11.6 Å². The second kappa shape index (κ2) is 9.42. The second-order valence-corrected chi connectivity index (χ2v) is 6.23. The molecule has 5 nitrogen and oxygen atoms in total. The maximum atomic E-state index is 11.7. The number of aliphatic hydroxyl groups excluding tert-OH is 1. The van der Waals surface area contributed by atoms with Crippen LogP contribution in [-0.2, 0) is 17.9 Å². The van der Waals surface area contributed by atoms with E-state index in [-0.39, 0.29) is 12.5 Å². The van der Waals surface area contributed by atoms with E-state index in [9.17, 15) is 9.90 Å². The third-order valence-electron chi connectivity index (χ3n) is 3.90. The zero-order chi connectivity index (χ0) is 18.2. The number of amides is 1. The topological polar surface area (TPSA) is 61.8 Å². The Labute approximate surface area is 153 Å². The number of halogens is 1. The second-order valence-electron chi connectivity index (χ2n) is 5.79. The average molecular weight is 363 g/mol. The van der Waals surface area contributed by atoms with Crippen molar-refractivity contribution in [2.24, 2.45) is 0 Å². The lowest BCUT2D eigenvalue weighted by atomic mass is 10.1. The Morgan fingerprint density at radius 2 is 1.96 bits per heavy atom. The van der Waals surface area contributed by atoms with Gasteiger partial charge < -0.3 is 15.2 Å². The minimum Gasteiger partial charge on any atom is -0.489 e. The number of hydrogen-bond donors (Lipinski definition) is 2. The Morgan fingerprint density at radius 3 is 2.56 bits per heavy atom. The lowest BCUT2D eigenvalue weighted by Gasteiger charge is -2.25. The first-order valence-electron chi connectivity index (χ1n) is 8.02. The zero-order valence-electron chi connectivity index (χ0n) is 14.4. The Hall–Kier alpha value is -2.08. The summed E-state index contributed by atoms with van der Waals surface area (Å²) in [5, 5.41) is 12.6. The minimum atomic E-state index is -0.566. The lowest BCUT2D eigenvalue weighted by Crippen LogP contribution is -2.46. The Kier molecular flexibility index (Phi) is 7.25. The number of carbonyl (C=O) groups is 1. The molecule has 0 fully saturated rings. The van der Waals surface area contributed by atoms with Gasteiger partial charge in [0.05, 0.1) is 6.61 Å². The third-order valence-corrected chi connectivity index (χ3v) is 4.14. The molecule has 0 aliphatic rings. The van der Waals surface area contributed by atoms with Gasteiger partial charge in [-0.25, -0.2) is 0 Å². The number of likely N-dealkylation sites (N-methyl/N-ethyl adjacent to an activating group) is 2. The maximum absolute atomic E-state index is 11.7. The monoisotopic (exact) mass is 362 g/mol. The average Bonchev–Trinajstić information content (AvgIpc) is 2.61. The van der Waals surface area contributed by atoms with Crippen LogP contribution in [-0.4, -0.2) is 42.7 Å². The molecule has 1 amide bonds. The highest BCUT2D eigenvalue weighted by Crippen LogP contribution is 2.17. The fourth-order valence-corrected chi connectivity index (χ4v) is 2.68. The molecule has 0 aliphatic heterocycles. The Morgan fingerprint density at radius 1 is 1.24 bits per heavy atom. The molecule has 0 bridgehead atoms. The molecule has 0 aliphatic carbocycles. The highest BCUT2D eigenvalue weighted by atomic mass is 35.5. The van der Waals surface area contributed by atoms with E-state index >= 15 is 0 Å². The van der Waals surface area contributed by atoms with Gasteiger partial charge in [0.25, 0.3) is 0 Å². The number of nitrogens with zero attached hydrogens (tertiary/aromatic N) is 1. The van der Waals surface area contributed by atoms with Crippen LogP contribution in [0.25, 0.3) is 0 Å². The number of carbonyl (C=O) groups excluding carboxylic acids is 1. The number of aliphatic hydroxyl groups is 1. The van der Waals surface area contributed by atoms with Gasteiger partial charge in [-0.1, -0.05) is 35.9 Å². The van der Waals surface area contributed by atoms with E-state index in [4.69, 9.17) is 16.3 Å². The predicted octanol–water partition coefficient (Wildman–Crippen LogP) is 2.46. The van der Waals surface area contributed by atoms with Crippen LogP contribution in [0.3, 0.4) is 0 Å². The van der Waals surface area contributed by atoms with Gasteiger partial charge in [-0.2, -0.15) is 0 Å². The van der Waals surface area contributed by atoms with Gasteiger partial charge in [-0.05, 0) is 42.4 Å². The molecule has 6 heteroatoms. The van der Waals surface area contributed by atoms with Crippen LogP contribution < -0.4 is 10.1 Å². The number of ether oxygens (including phenoxy) is 1. The summed E-state index contributed by atoms with van der Waals surface area (Å²) in [7, 11) is 3.37. The highest BCUT2D eigenvalue weighted by molar-refractivity contribution is 6.30. The minimum absolute atomic E-state index is 0.202. The molecule has 0 heterocycles. The molecule has 0 aromatic heterocycles. The van der Waals surface area contributed by atoms with E-state index in [1.54, 1.807) is 19.0 Å². The third kappa shape index (κ3) is 5.74. The van der Waals surface area contributed by atoms with E-state index in [1.165, 1.54) is 0 Å². The van der Waals surface area contributed by atoms with Crippen LogP contribution in [0.2, 0.25) is 5.02 Å². The molecule has 1 unspecified atom stereocenters. The summed E-state index contributed by atoms with van der Waals surface area (Å²) in [6.07, 6.45) is 0. The van der Waals surface area contributed by atoms with E-state index in [1.807, 2.05) is 48.5 Å². The zero-order valence-corrected chi connectivity index (χ0v) is 15.2. The van der Waals surface area contributed by atoms with E-state index < -0.39 is 6.04 Å². The van der Waals surface area contributed by atoms with Crippen molar-refractivity contribution in [2.45, 2.75) is 19.2 Å². The standard InChI is InChI=1S/C19H23ClN2O3/c1-21-19(24)18(12-23)22(2)11-14-6-8-17(9-7-14)25-13-15-4-3-5-16(20)10-15/h3-10,18,23H,11-13H2,1-2H3,(H,21,24). The van der Waals surface area contributed by atoms with Gasteiger partial charge >= 0.3 is 0 Å². The molecular formula is C19H23ClN2O3. The first kappa shape index (κ1) is 19.2. The van der Waals surface area contributed by atoms with Gasteiger partial charge in [0.1, 0.15) is 18.4 Å². The highest BCUT2D eigenvalue weighted by Gasteiger charge is 2.21. The first-order valence-corrected chi connectivity index (χ1v) is 8.40. The van der Waals surface area contributed by atoms with Gasteiger partial charge in [-0.3, -0.25) is 9.69 Å². The molecule has 0 spiro atoms. The van der Waals surface area contributed by atoms with Crippen LogP contribution in [0.4, 0.5) is 0 Å². The molecule has 0 radical (unpaired) electrons. The van der Waals surface area contributed by atoms with Gasteiger partial charge in [0.2, 0.25) is 5.91 Å². The summed E-state index contributed by atoms with van der Waals surface area (Å²) in [6.45, 7) is 0.771. The molecule has 2 aromatic carbocycles. The van der Waals surface area contributed by atoms with Crippen molar-refractivity contribution in [1.82, 2.24) is 10.2 Å². The van der Waals surface area contributed by atoms with Crippen molar-refractivity contribution in [1.29, 1.82) is 0 Å². The summed E-state index contributed by atoms with van der Waals surface area (Å²) in [6, 6.07) is 14.7. The lowest BCUT2D eigenvalue weighted by molar-refractivity contribution is -0.127. The van der Waals surface area contributed by atoms with Crippen molar-refractivity contribution in [3.63, 3.8) is 0 Å². The van der Waals surface area contributed by atoms with Crippen molar-refractivity contribution < 1.29 is 14.6 Å². The Bertz CT molecular complexity index is 691. The van der Waals surface area contributed by atoms with E-state index in [0.717, 1.165) is 16.9 Å². The van der Waals surface area contributed by atoms with Crippen molar-refractivity contribution in [3.05, 3.63) is 64.7 Å². The fourth-order valence-electron chi connectivity index (χ4n) is 2.47. The quantitative estimate of drug-likeness (QED) is 0.757. The SMILES string of the molecule is CNC(=O)C(CO)N(C)Cc1ccc(OCc2cccc(Cl)c2)cc1. The largest absolute Gasteiger partial charge is 0.489 e. The predicted molar refractivity (Wildman–Crippen MR) is 98.6 cm³/mol. The normalized spacial score (nSPS) is 12.0.